The lowest BCUT2D eigenvalue weighted by Gasteiger charge is -2.12. The van der Waals surface area contributed by atoms with Crippen molar-refractivity contribution in [1.82, 2.24) is 10.3 Å². The first-order valence-corrected chi connectivity index (χ1v) is 8.57. The van der Waals surface area contributed by atoms with Crippen molar-refractivity contribution in [1.29, 1.82) is 0 Å². The van der Waals surface area contributed by atoms with Crippen LogP contribution >= 0.6 is 46.4 Å². The van der Waals surface area contributed by atoms with Crippen LogP contribution in [0.15, 0.2) is 18.2 Å². The van der Waals surface area contributed by atoms with E-state index >= 15 is 0 Å². The number of aromatic nitrogens is 1. The maximum absolute atomic E-state index is 12.2. The van der Waals surface area contributed by atoms with Crippen molar-refractivity contribution >= 4 is 63.9 Å². The normalized spacial score (nSPS) is 10.5. The maximum atomic E-state index is 12.2. The van der Waals surface area contributed by atoms with Crippen LogP contribution in [0.2, 0.25) is 20.2 Å². The number of para-hydroxylation sites is 1. The molecule has 0 saturated heterocycles. The van der Waals surface area contributed by atoms with Gasteiger partial charge in [-0.2, -0.15) is 0 Å². The molecule has 0 aliphatic heterocycles. The molecule has 1 heterocycles. The van der Waals surface area contributed by atoms with Gasteiger partial charge in [-0.15, -0.1) is 0 Å². The molecule has 0 radical (unpaired) electrons. The van der Waals surface area contributed by atoms with E-state index < -0.39 is 11.8 Å². The molecule has 0 saturated carbocycles. The highest BCUT2D eigenvalue weighted by Gasteiger charge is 2.20. The van der Waals surface area contributed by atoms with Gasteiger partial charge in [0, 0.05) is 5.69 Å². The Bertz CT molecular complexity index is 836. The molecule has 132 valence electrons. The molecule has 1 aromatic carbocycles. The summed E-state index contributed by atoms with van der Waals surface area (Å²) in [6.45, 7) is 3.48. The Hall–Kier alpha value is -1.53. The number of hydrogen-bond donors (Lipinski definition) is 2. The summed E-state index contributed by atoms with van der Waals surface area (Å²) in [6.07, 6.45) is 0. The molecule has 0 aliphatic rings. The third-order valence-electron chi connectivity index (χ3n) is 3.35. The van der Waals surface area contributed by atoms with Crippen LogP contribution < -0.4 is 10.6 Å². The lowest BCUT2D eigenvalue weighted by molar-refractivity contribution is -0.115. The fraction of sp³-hybridized carbons (Fsp3) is 0.188. The van der Waals surface area contributed by atoms with E-state index in [1.165, 1.54) is 0 Å². The molecule has 0 bridgehead atoms. The highest BCUT2D eigenvalue weighted by atomic mass is 35.5. The van der Waals surface area contributed by atoms with Gasteiger partial charge in [-0.1, -0.05) is 64.6 Å². The van der Waals surface area contributed by atoms with E-state index in [-0.39, 0.29) is 32.5 Å². The summed E-state index contributed by atoms with van der Waals surface area (Å²) in [7, 11) is 0. The molecule has 0 fully saturated rings. The summed E-state index contributed by atoms with van der Waals surface area (Å²) >= 11 is 23.4. The van der Waals surface area contributed by atoms with Gasteiger partial charge in [0.2, 0.25) is 5.91 Å². The van der Waals surface area contributed by atoms with E-state index in [0.717, 1.165) is 11.1 Å². The number of nitrogens with one attached hydrogen (secondary N) is 2. The SMILES string of the molecule is Cc1cccc(C)c1NC(=O)CNC(=O)c1nc(Cl)c(Cl)c(Cl)c1Cl. The molecular formula is C16H13Cl4N3O2. The monoisotopic (exact) mass is 419 g/mol. The number of nitrogens with zero attached hydrogens (tertiary/aromatic N) is 1. The zero-order chi connectivity index (χ0) is 18.7. The summed E-state index contributed by atoms with van der Waals surface area (Å²) in [5, 5.41) is 4.76. The number of rotatable bonds is 4. The topological polar surface area (TPSA) is 71.1 Å². The van der Waals surface area contributed by atoms with E-state index in [9.17, 15) is 9.59 Å². The lowest BCUT2D eigenvalue weighted by Crippen LogP contribution is -2.33. The smallest absolute Gasteiger partial charge is 0.271 e. The zero-order valence-electron chi connectivity index (χ0n) is 13.2. The fourth-order valence-corrected chi connectivity index (χ4v) is 2.89. The van der Waals surface area contributed by atoms with Crippen molar-refractivity contribution in [2.24, 2.45) is 0 Å². The van der Waals surface area contributed by atoms with Gasteiger partial charge in [0.25, 0.3) is 5.91 Å². The van der Waals surface area contributed by atoms with E-state index in [4.69, 9.17) is 46.4 Å². The fourth-order valence-electron chi connectivity index (χ4n) is 2.08. The third kappa shape index (κ3) is 4.55. The van der Waals surface area contributed by atoms with E-state index in [1.54, 1.807) is 0 Å². The molecule has 2 rings (SSSR count). The van der Waals surface area contributed by atoms with Crippen LogP contribution in [-0.2, 0) is 4.79 Å². The summed E-state index contributed by atoms with van der Waals surface area (Å²) in [4.78, 5) is 28.0. The third-order valence-corrected chi connectivity index (χ3v) is 5.03. The summed E-state index contributed by atoms with van der Waals surface area (Å²) < 4.78 is 0. The second-order valence-electron chi connectivity index (χ2n) is 5.19. The minimum atomic E-state index is -0.692. The van der Waals surface area contributed by atoms with Crippen molar-refractivity contribution in [3.05, 3.63) is 55.2 Å². The first kappa shape index (κ1) is 19.8. The van der Waals surface area contributed by atoms with Gasteiger partial charge in [0.1, 0.15) is 10.8 Å². The highest BCUT2D eigenvalue weighted by Crippen LogP contribution is 2.35. The van der Waals surface area contributed by atoms with Crippen LogP contribution in [-0.4, -0.2) is 23.3 Å². The second kappa shape index (κ2) is 8.23. The highest BCUT2D eigenvalue weighted by molar-refractivity contribution is 6.52. The van der Waals surface area contributed by atoms with Gasteiger partial charge in [-0.3, -0.25) is 9.59 Å². The van der Waals surface area contributed by atoms with Gasteiger partial charge in [-0.25, -0.2) is 4.98 Å². The molecule has 0 atom stereocenters. The van der Waals surface area contributed by atoms with Gasteiger partial charge in [0.15, 0.2) is 0 Å². The molecular weight excluding hydrogens is 408 g/mol. The number of aryl methyl sites for hydroxylation is 2. The molecule has 1 aromatic heterocycles. The number of halogens is 4. The Morgan fingerprint density at radius 2 is 1.60 bits per heavy atom. The van der Waals surface area contributed by atoms with Crippen molar-refractivity contribution in [2.75, 3.05) is 11.9 Å². The van der Waals surface area contributed by atoms with Gasteiger partial charge < -0.3 is 10.6 Å². The molecule has 0 aliphatic carbocycles. The Kier molecular flexibility index (Phi) is 6.52. The van der Waals surface area contributed by atoms with Crippen LogP contribution in [0.5, 0.6) is 0 Å². The molecule has 2 amide bonds. The largest absolute Gasteiger partial charge is 0.342 e. The average Bonchev–Trinajstić information content (AvgIpc) is 2.57. The molecule has 9 heteroatoms. The van der Waals surface area contributed by atoms with E-state index in [0.29, 0.717) is 5.69 Å². The van der Waals surface area contributed by atoms with Gasteiger partial charge >= 0.3 is 0 Å². The summed E-state index contributed by atoms with van der Waals surface area (Å²) in [5.41, 5.74) is 2.33. The number of hydrogen-bond acceptors (Lipinski definition) is 3. The number of carbonyl (C=O) groups is 2. The number of amides is 2. The molecule has 0 spiro atoms. The van der Waals surface area contributed by atoms with Crippen molar-refractivity contribution in [3.63, 3.8) is 0 Å². The predicted octanol–water partition coefficient (Wildman–Crippen LogP) is 4.68. The predicted molar refractivity (Wildman–Crippen MR) is 101 cm³/mol. The van der Waals surface area contributed by atoms with Crippen LogP contribution in [0.3, 0.4) is 0 Å². The van der Waals surface area contributed by atoms with Crippen molar-refractivity contribution in [2.45, 2.75) is 13.8 Å². The lowest BCUT2D eigenvalue weighted by atomic mass is 10.1. The zero-order valence-corrected chi connectivity index (χ0v) is 16.2. The Balaban J connectivity index is 2.07. The van der Waals surface area contributed by atoms with Crippen LogP contribution in [0.1, 0.15) is 21.6 Å². The first-order valence-electron chi connectivity index (χ1n) is 7.06. The van der Waals surface area contributed by atoms with Gasteiger partial charge in [0.05, 0.1) is 21.6 Å². The first-order chi connectivity index (χ1) is 11.7. The standard InChI is InChI=1S/C16H13Cl4N3O2/c1-7-4-3-5-8(2)13(7)22-9(24)6-21-16(25)14-11(18)10(17)12(19)15(20)23-14/h3-5H,6H2,1-2H3,(H,21,25)(H,22,24). The van der Waals surface area contributed by atoms with Crippen LogP contribution in [0.4, 0.5) is 5.69 Å². The van der Waals surface area contributed by atoms with Crippen molar-refractivity contribution in [3.8, 4) is 0 Å². The van der Waals surface area contributed by atoms with E-state index in [2.05, 4.69) is 15.6 Å². The minimum absolute atomic E-state index is 0.0438. The second-order valence-corrected chi connectivity index (χ2v) is 6.68. The number of pyridine rings is 1. The molecule has 25 heavy (non-hydrogen) atoms. The van der Waals surface area contributed by atoms with Gasteiger partial charge in [-0.05, 0) is 25.0 Å². The van der Waals surface area contributed by atoms with E-state index in [1.807, 2.05) is 32.0 Å². The molecule has 0 unspecified atom stereocenters. The van der Waals surface area contributed by atoms with Crippen LogP contribution in [0, 0.1) is 13.8 Å². The molecule has 2 N–H and O–H groups in total. The molecule has 5 nitrogen and oxygen atoms in total. The molecule has 2 aromatic rings. The Morgan fingerprint density at radius 3 is 2.20 bits per heavy atom. The Morgan fingerprint density at radius 1 is 1.00 bits per heavy atom. The summed E-state index contributed by atoms with van der Waals surface area (Å²) in [6, 6.07) is 5.65. The van der Waals surface area contributed by atoms with Crippen LogP contribution in [0.25, 0.3) is 0 Å². The maximum Gasteiger partial charge on any atom is 0.271 e. The number of anilines is 1. The quantitative estimate of drug-likeness (QED) is 0.705. The number of benzene rings is 1. The van der Waals surface area contributed by atoms with Crippen molar-refractivity contribution < 1.29 is 9.59 Å². The summed E-state index contributed by atoms with van der Waals surface area (Å²) in [5.74, 6) is -1.09. The minimum Gasteiger partial charge on any atom is -0.342 e. The Labute approximate surface area is 164 Å². The average molecular weight is 421 g/mol. The number of carbonyl (C=O) groups excluding carboxylic acids is 2.